The minimum absolute atomic E-state index is 0.773. The van der Waals surface area contributed by atoms with E-state index in [0.717, 1.165) is 18.5 Å². The van der Waals surface area contributed by atoms with Crippen LogP contribution >= 0.6 is 11.8 Å². The smallest absolute Gasteiger partial charge is 0.0158 e. The molecule has 0 aromatic carbocycles. The first-order valence-electron chi connectivity index (χ1n) is 6.22. The summed E-state index contributed by atoms with van der Waals surface area (Å²) in [5.74, 6) is 3.42. The average molecular weight is 230 g/mol. The number of thioether (sulfide) groups is 1. The highest BCUT2D eigenvalue weighted by molar-refractivity contribution is 7.99. The van der Waals surface area contributed by atoms with Crippen molar-refractivity contribution >= 4 is 11.8 Å². The molecule has 1 aliphatic heterocycles. The zero-order valence-electron chi connectivity index (χ0n) is 10.5. The van der Waals surface area contributed by atoms with Crippen LogP contribution in [0.1, 0.15) is 27.2 Å². The maximum absolute atomic E-state index is 3.51. The molecule has 1 fully saturated rings. The van der Waals surface area contributed by atoms with Crippen molar-refractivity contribution in [3.63, 3.8) is 0 Å². The van der Waals surface area contributed by atoms with Crippen LogP contribution in [0.5, 0.6) is 0 Å². The van der Waals surface area contributed by atoms with Crippen LogP contribution < -0.4 is 5.32 Å². The van der Waals surface area contributed by atoms with Crippen molar-refractivity contribution in [3.05, 3.63) is 0 Å². The summed E-state index contributed by atoms with van der Waals surface area (Å²) < 4.78 is 0. The van der Waals surface area contributed by atoms with E-state index in [9.17, 15) is 0 Å². The minimum atomic E-state index is 0.773. The molecule has 0 bridgehead atoms. The maximum Gasteiger partial charge on any atom is 0.0158 e. The van der Waals surface area contributed by atoms with E-state index in [2.05, 4.69) is 42.7 Å². The van der Waals surface area contributed by atoms with Crippen molar-refractivity contribution in [3.8, 4) is 0 Å². The SMILES string of the molecule is CC(C)CNCCCN1CCSCC1C. The lowest BCUT2D eigenvalue weighted by Gasteiger charge is -2.32. The molecule has 15 heavy (non-hydrogen) atoms. The first kappa shape index (κ1) is 13.3. The Kier molecular flexibility index (Phi) is 6.69. The Morgan fingerprint density at radius 2 is 2.27 bits per heavy atom. The van der Waals surface area contributed by atoms with E-state index in [4.69, 9.17) is 0 Å². The second-order valence-corrected chi connectivity index (χ2v) is 6.06. The van der Waals surface area contributed by atoms with Gasteiger partial charge in [0.2, 0.25) is 0 Å². The number of hydrogen-bond acceptors (Lipinski definition) is 3. The Hall–Kier alpha value is 0.270. The zero-order chi connectivity index (χ0) is 11.1. The quantitative estimate of drug-likeness (QED) is 0.703. The van der Waals surface area contributed by atoms with Gasteiger partial charge in [0.05, 0.1) is 0 Å². The van der Waals surface area contributed by atoms with Crippen molar-refractivity contribution in [1.29, 1.82) is 0 Å². The number of hydrogen-bond donors (Lipinski definition) is 1. The van der Waals surface area contributed by atoms with Crippen molar-refractivity contribution in [2.75, 3.05) is 37.7 Å². The molecule has 3 heteroatoms. The summed E-state index contributed by atoms with van der Waals surface area (Å²) in [6, 6.07) is 0.786. The van der Waals surface area contributed by atoms with E-state index in [0.29, 0.717) is 0 Å². The topological polar surface area (TPSA) is 15.3 Å². The highest BCUT2D eigenvalue weighted by atomic mass is 32.2. The monoisotopic (exact) mass is 230 g/mol. The van der Waals surface area contributed by atoms with Gasteiger partial charge < -0.3 is 5.32 Å². The molecule has 1 rings (SSSR count). The van der Waals surface area contributed by atoms with Crippen LogP contribution in [0.3, 0.4) is 0 Å². The average Bonchev–Trinajstić information content (AvgIpc) is 2.20. The van der Waals surface area contributed by atoms with Crippen molar-refractivity contribution < 1.29 is 0 Å². The summed E-state index contributed by atoms with van der Waals surface area (Å²) in [6.45, 7) is 11.8. The third-order valence-corrected chi connectivity index (χ3v) is 4.05. The molecule has 0 aromatic heterocycles. The molecule has 90 valence electrons. The van der Waals surface area contributed by atoms with Crippen molar-refractivity contribution in [2.24, 2.45) is 5.92 Å². The van der Waals surface area contributed by atoms with Gasteiger partial charge in [0.25, 0.3) is 0 Å². The van der Waals surface area contributed by atoms with Gasteiger partial charge >= 0.3 is 0 Å². The highest BCUT2D eigenvalue weighted by Gasteiger charge is 2.17. The molecule has 1 unspecified atom stereocenters. The third-order valence-electron chi connectivity index (χ3n) is 2.86. The normalized spacial score (nSPS) is 23.6. The second kappa shape index (κ2) is 7.53. The van der Waals surface area contributed by atoms with Gasteiger partial charge in [-0.1, -0.05) is 13.8 Å². The predicted molar refractivity (Wildman–Crippen MR) is 70.7 cm³/mol. The van der Waals surface area contributed by atoms with Gasteiger partial charge in [0, 0.05) is 24.1 Å². The van der Waals surface area contributed by atoms with E-state index >= 15 is 0 Å². The fourth-order valence-electron chi connectivity index (χ4n) is 1.89. The molecular weight excluding hydrogens is 204 g/mol. The van der Waals surface area contributed by atoms with E-state index in [1.165, 1.54) is 37.6 Å². The van der Waals surface area contributed by atoms with Crippen molar-refractivity contribution in [1.82, 2.24) is 10.2 Å². The van der Waals surface area contributed by atoms with Gasteiger partial charge in [-0.15, -0.1) is 0 Å². The first-order valence-corrected chi connectivity index (χ1v) is 7.38. The number of nitrogens with zero attached hydrogens (tertiary/aromatic N) is 1. The standard InChI is InChI=1S/C12H26N2S/c1-11(2)9-13-5-4-6-14-7-8-15-10-12(14)3/h11-13H,4-10H2,1-3H3. The van der Waals surface area contributed by atoms with Gasteiger partial charge in [-0.2, -0.15) is 11.8 Å². The van der Waals surface area contributed by atoms with Crippen LogP contribution in [0.15, 0.2) is 0 Å². The highest BCUT2D eigenvalue weighted by Crippen LogP contribution is 2.15. The lowest BCUT2D eigenvalue weighted by molar-refractivity contribution is 0.229. The summed E-state index contributed by atoms with van der Waals surface area (Å²) >= 11 is 2.10. The molecular formula is C12H26N2S. The Morgan fingerprint density at radius 3 is 2.93 bits per heavy atom. The van der Waals surface area contributed by atoms with Crippen LogP contribution in [-0.4, -0.2) is 48.6 Å². The lowest BCUT2D eigenvalue weighted by Crippen LogP contribution is -2.41. The van der Waals surface area contributed by atoms with Gasteiger partial charge in [0.1, 0.15) is 0 Å². The molecule has 0 radical (unpaired) electrons. The Labute approximate surface area is 99.2 Å². The van der Waals surface area contributed by atoms with E-state index in [-0.39, 0.29) is 0 Å². The molecule has 2 nitrogen and oxygen atoms in total. The molecule has 1 heterocycles. The molecule has 0 aliphatic carbocycles. The Morgan fingerprint density at radius 1 is 1.47 bits per heavy atom. The molecule has 1 atom stereocenters. The third kappa shape index (κ3) is 5.79. The minimum Gasteiger partial charge on any atom is -0.316 e. The van der Waals surface area contributed by atoms with Gasteiger partial charge in [0.15, 0.2) is 0 Å². The van der Waals surface area contributed by atoms with Crippen LogP contribution in [0, 0.1) is 5.92 Å². The summed E-state index contributed by atoms with van der Waals surface area (Å²) in [4.78, 5) is 2.63. The lowest BCUT2D eigenvalue weighted by atomic mass is 10.2. The molecule has 1 N–H and O–H groups in total. The molecule has 0 spiro atoms. The fourth-order valence-corrected chi connectivity index (χ4v) is 2.97. The molecule has 0 amide bonds. The summed E-state index contributed by atoms with van der Waals surface area (Å²) in [5.41, 5.74) is 0. The van der Waals surface area contributed by atoms with E-state index < -0.39 is 0 Å². The van der Waals surface area contributed by atoms with Crippen molar-refractivity contribution in [2.45, 2.75) is 33.2 Å². The van der Waals surface area contributed by atoms with Crippen LogP contribution in [-0.2, 0) is 0 Å². The van der Waals surface area contributed by atoms with Crippen LogP contribution in [0.25, 0.3) is 0 Å². The maximum atomic E-state index is 3.51. The summed E-state index contributed by atoms with van der Waals surface area (Å²) in [5, 5.41) is 3.51. The second-order valence-electron chi connectivity index (χ2n) is 4.91. The Balaban J connectivity index is 1.99. The van der Waals surface area contributed by atoms with Crippen LogP contribution in [0.2, 0.25) is 0 Å². The van der Waals surface area contributed by atoms with Gasteiger partial charge in [-0.05, 0) is 38.9 Å². The predicted octanol–water partition coefficient (Wildman–Crippen LogP) is 2.06. The summed E-state index contributed by atoms with van der Waals surface area (Å²) in [7, 11) is 0. The largest absolute Gasteiger partial charge is 0.316 e. The summed E-state index contributed by atoms with van der Waals surface area (Å²) in [6.07, 6.45) is 1.29. The molecule has 0 aromatic rings. The fraction of sp³-hybridized carbons (Fsp3) is 1.00. The number of rotatable bonds is 6. The van der Waals surface area contributed by atoms with E-state index in [1.54, 1.807) is 0 Å². The van der Waals surface area contributed by atoms with E-state index in [1.807, 2.05) is 0 Å². The first-order chi connectivity index (χ1) is 7.20. The Bertz CT molecular complexity index is 162. The molecule has 1 aliphatic rings. The zero-order valence-corrected chi connectivity index (χ0v) is 11.3. The molecule has 1 saturated heterocycles. The number of nitrogens with one attached hydrogen (secondary N) is 1. The van der Waals surface area contributed by atoms with Gasteiger partial charge in [-0.25, -0.2) is 0 Å². The van der Waals surface area contributed by atoms with Crippen LogP contribution in [0.4, 0.5) is 0 Å². The van der Waals surface area contributed by atoms with Gasteiger partial charge in [-0.3, -0.25) is 4.90 Å². The molecule has 0 saturated carbocycles.